The molecule has 1 aliphatic heterocycles. The largest absolute Gasteiger partial charge is 0.480 e. The minimum Gasteiger partial charge on any atom is -0.480 e. The van der Waals surface area contributed by atoms with Gasteiger partial charge in [0.15, 0.2) is 0 Å². The molecular weight excluding hydrogens is 266 g/mol. The fourth-order valence-electron chi connectivity index (χ4n) is 2.13. The quantitative estimate of drug-likeness (QED) is 0.619. The van der Waals surface area contributed by atoms with Crippen LogP contribution in [0.3, 0.4) is 0 Å². The number of carboxylic acid groups (broad SMARTS) is 1. The molecule has 0 spiro atoms. The number of β-amino-alcohol motifs (C(OH)–C–C–N with tert-alkyl or cyclic N) is 1. The summed E-state index contributed by atoms with van der Waals surface area (Å²) in [7, 11) is 1.42. The van der Waals surface area contributed by atoms with E-state index in [-0.39, 0.29) is 31.5 Å². The number of aliphatic carboxylic acids is 1. The Morgan fingerprint density at radius 3 is 2.50 bits per heavy atom. The molecule has 8 nitrogen and oxygen atoms in total. The predicted octanol–water partition coefficient (Wildman–Crippen LogP) is -0.917. The van der Waals surface area contributed by atoms with Crippen molar-refractivity contribution in [3.05, 3.63) is 0 Å². The molecule has 0 bridgehead atoms. The molecule has 1 rings (SSSR count). The average Bonchev–Trinajstić information content (AvgIpc) is 2.69. The summed E-state index contributed by atoms with van der Waals surface area (Å²) in [5.74, 6) is -1.47. The Morgan fingerprint density at radius 1 is 1.40 bits per heavy atom. The van der Waals surface area contributed by atoms with Gasteiger partial charge in [-0.05, 0) is 13.8 Å². The Hall–Kier alpha value is -1.83. The van der Waals surface area contributed by atoms with Gasteiger partial charge in [-0.25, -0.2) is 9.59 Å². The molecule has 0 aromatic rings. The summed E-state index contributed by atoms with van der Waals surface area (Å²) in [6.07, 6.45) is -0.842. The van der Waals surface area contributed by atoms with Gasteiger partial charge in [-0.2, -0.15) is 0 Å². The third-order valence-corrected chi connectivity index (χ3v) is 2.97. The highest BCUT2D eigenvalue weighted by Crippen LogP contribution is 2.19. The molecule has 0 aromatic carbocycles. The fraction of sp³-hybridized carbons (Fsp3) is 0.750. The lowest BCUT2D eigenvalue weighted by Crippen LogP contribution is -2.49. The van der Waals surface area contributed by atoms with Gasteiger partial charge in [0.05, 0.1) is 6.10 Å². The third-order valence-electron chi connectivity index (χ3n) is 2.97. The summed E-state index contributed by atoms with van der Waals surface area (Å²) in [6, 6.07) is -1.66. The summed E-state index contributed by atoms with van der Waals surface area (Å²) in [5.41, 5.74) is 0. The molecule has 8 heteroatoms. The van der Waals surface area contributed by atoms with E-state index in [4.69, 9.17) is 5.11 Å². The van der Waals surface area contributed by atoms with Crippen molar-refractivity contribution in [1.82, 2.24) is 15.1 Å². The minimum absolute atomic E-state index is 0.00705. The van der Waals surface area contributed by atoms with Crippen LogP contribution in [0, 0.1) is 0 Å². The maximum absolute atomic E-state index is 12.1. The maximum Gasteiger partial charge on any atom is 0.326 e. The number of rotatable bonds is 4. The number of aliphatic hydroxyl groups is 1. The predicted molar refractivity (Wildman–Crippen MR) is 70.1 cm³/mol. The zero-order valence-corrected chi connectivity index (χ0v) is 11.9. The molecule has 1 aliphatic rings. The van der Waals surface area contributed by atoms with Crippen LogP contribution in [0.4, 0.5) is 4.79 Å². The van der Waals surface area contributed by atoms with Gasteiger partial charge in [0.25, 0.3) is 0 Å². The van der Waals surface area contributed by atoms with E-state index >= 15 is 0 Å². The number of hydrogen-bond acceptors (Lipinski definition) is 4. The second kappa shape index (κ2) is 6.56. The highest BCUT2D eigenvalue weighted by molar-refractivity contribution is 5.87. The van der Waals surface area contributed by atoms with Gasteiger partial charge in [-0.1, -0.05) is 0 Å². The number of carbonyl (C=O) groups excluding carboxylic acids is 2. The molecule has 3 amide bonds. The van der Waals surface area contributed by atoms with Crippen molar-refractivity contribution >= 4 is 17.9 Å². The van der Waals surface area contributed by atoms with Crippen molar-refractivity contribution in [3.63, 3.8) is 0 Å². The van der Waals surface area contributed by atoms with Crippen LogP contribution >= 0.6 is 0 Å². The molecule has 0 saturated carbocycles. The second-order valence-corrected chi connectivity index (χ2v) is 5.26. The first-order valence-electron chi connectivity index (χ1n) is 6.44. The van der Waals surface area contributed by atoms with Crippen molar-refractivity contribution < 1.29 is 24.6 Å². The van der Waals surface area contributed by atoms with Crippen molar-refractivity contribution in [2.45, 2.75) is 38.5 Å². The van der Waals surface area contributed by atoms with E-state index in [1.165, 1.54) is 7.05 Å². The van der Waals surface area contributed by atoms with Gasteiger partial charge in [-0.3, -0.25) is 4.79 Å². The van der Waals surface area contributed by atoms with Crippen molar-refractivity contribution in [2.24, 2.45) is 0 Å². The van der Waals surface area contributed by atoms with Crippen LogP contribution in [-0.2, 0) is 9.59 Å². The highest BCUT2D eigenvalue weighted by atomic mass is 16.4. The first-order valence-corrected chi connectivity index (χ1v) is 6.44. The molecule has 0 aliphatic carbocycles. The molecule has 114 valence electrons. The van der Waals surface area contributed by atoms with E-state index in [1.807, 2.05) is 0 Å². The zero-order valence-electron chi connectivity index (χ0n) is 11.9. The lowest BCUT2D eigenvalue weighted by molar-refractivity contribution is -0.141. The number of nitrogens with zero attached hydrogens (tertiary/aromatic N) is 2. The van der Waals surface area contributed by atoms with E-state index in [9.17, 15) is 19.5 Å². The van der Waals surface area contributed by atoms with Gasteiger partial charge < -0.3 is 25.3 Å². The average molecular weight is 287 g/mol. The number of carbonyl (C=O) groups is 3. The number of nitrogens with one attached hydrogen (secondary N) is 1. The lowest BCUT2D eigenvalue weighted by atomic mass is 10.2. The van der Waals surface area contributed by atoms with Crippen LogP contribution < -0.4 is 5.32 Å². The van der Waals surface area contributed by atoms with Gasteiger partial charge in [-0.15, -0.1) is 0 Å². The second-order valence-electron chi connectivity index (χ2n) is 5.26. The first-order chi connectivity index (χ1) is 9.22. The van der Waals surface area contributed by atoms with Crippen LogP contribution in [0.5, 0.6) is 0 Å². The summed E-state index contributed by atoms with van der Waals surface area (Å²) in [5, 5.41) is 21.2. The minimum atomic E-state index is -1.16. The van der Waals surface area contributed by atoms with Crippen molar-refractivity contribution in [1.29, 1.82) is 0 Å². The number of amides is 3. The first kappa shape index (κ1) is 16.2. The van der Waals surface area contributed by atoms with Crippen molar-refractivity contribution in [3.8, 4) is 0 Å². The number of urea groups is 1. The highest BCUT2D eigenvalue weighted by Gasteiger charge is 2.40. The van der Waals surface area contributed by atoms with E-state index in [1.54, 1.807) is 13.8 Å². The normalized spacial score (nSPS) is 21.9. The van der Waals surface area contributed by atoms with Crippen LogP contribution in [0.15, 0.2) is 0 Å². The zero-order chi connectivity index (χ0) is 15.4. The number of carboxylic acids is 1. The Balaban J connectivity index is 2.64. The Morgan fingerprint density at radius 2 is 2.00 bits per heavy atom. The van der Waals surface area contributed by atoms with Crippen LogP contribution in [-0.4, -0.2) is 76.2 Å². The molecule has 2 atom stereocenters. The van der Waals surface area contributed by atoms with Crippen molar-refractivity contribution in [2.75, 3.05) is 20.1 Å². The standard InChI is InChI=1S/C12H21N3O5/c1-7(2)13-10(17)6-14(3)12(20)15-5-8(16)4-9(15)11(18)19/h7-9,16H,4-6H2,1-3H3,(H,13,17)(H,18,19)/t8?,9-/m0/s1. The number of aliphatic hydroxyl groups excluding tert-OH is 1. The van der Waals surface area contributed by atoms with Gasteiger partial charge in [0, 0.05) is 26.1 Å². The summed E-state index contributed by atoms with van der Waals surface area (Å²) < 4.78 is 0. The van der Waals surface area contributed by atoms with E-state index in [0.29, 0.717) is 0 Å². The molecule has 1 saturated heterocycles. The maximum atomic E-state index is 12.1. The van der Waals surface area contributed by atoms with E-state index in [0.717, 1.165) is 9.80 Å². The summed E-state index contributed by atoms with van der Waals surface area (Å²) in [4.78, 5) is 37.0. The van der Waals surface area contributed by atoms with Crippen LogP contribution in [0.2, 0.25) is 0 Å². The smallest absolute Gasteiger partial charge is 0.326 e. The van der Waals surface area contributed by atoms with E-state index < -0.39 is 24.1 Å². The molecule has 1 unspecified atom stereocenters. The third kappa shape index (κ3) is 4.09. The number of hydrogen-bond donors (Lipinski definition) is 3. The lowest BCUT2D eigenvalue weighted by Gasteiger charge is -2.27. The molecule has 1 heterocycles. The Bertz CT molecular complexity index is 399. The summed E-state index contributed by atoms with van der Waals surface area (Å²) in [6.45, 7) is 3.41. The number of likely N-dealkylation sites (tertiary alicyclic amines) is 1. The van der Waals surface area contributed by atoms with E-state index in [2.05, 4.69) is 5.32 Å². The summed E-state index contributed by atoms with van der Waals surface area (Å²) >= 11 is 0. The van der Waals surface area contributed by atoms with Gasteiger partial charge in [0.2, 0.25) is 5.91 Å². The molecule has 0 aromatic heterocycles. The number of likely N-dealkylation sites (N-methyl/N-ethyl adjacent to an activating group) is 1. The Labute approximate surface area is 117 Å². The van der Waals surface area contributed by atoms with Gasteiger partial charge >= 0.3 is 12.0 Å². The van der Waals surface area contributed by atoms with Crippen LogP contribution in [0.25, 0.3) is 0 Å². The van der Waals surface area contributed by atoms with Crippen LogP contribution in [0.1, 0.15) is 20.3 Å². The fourth-order valence-corrected chi connectivity index (χ4v) is 2.13. The SMILES string of the molecule is CC(C)NC(=O)CN(C)C(=O)N1CC(O)C[C@H]1C(=O)O. The van der Waals surface area contributed by atoms with Gasteiger partial charge in [0.1, 0.15) is 12.6 Å². The topological polar surface area (TPSA) is 110 Å². The molecule has 1 fully saturated rings. The molecular formula is C12H21N3O5. The Kier molecular flexibility index (Phi) is 5.32. The molecule has 0 radical (unpaired) electrons. The molecule has 20 heavy (non-hydrogen) atoms. The monoisotopic (exact) mass is 287 g/mol. The molecule has 3 N–H and O–H groups in total.